The molecule has 0 atom stereocenters. The number of pyridine rings is 1. The van der Waals surface area contributed by atoms with Crippen molar-refractivity contribution in [3.05, 3.63) is 36.0 Å². The minimum atomic E-state index is -1.01. The Kier molecular flexibility index (Phi) is 3.75. The minimum Gasteiger partial charge on any atom is -0.477 e. The van der Waals surface area contributed by atoms with Gasteiger partial charge in [0.05, 0.1) is 0 Å². The molecule has 1 aliphatic heterocycles. The number of hydrogen-bond donors (Lipinski definition) is 2. The molecule has 0 radical (unpaired) electrons. The summed E-state index contributed by atoms with van der Waals surface area (Å²) < 4.78 is 0. The second-order valence-electron chi connectivity index (χ2n) is 5.47. The Morgan fingerprint density at radius 1 is 1.29 bits per heavy atom. The summed E-state index contributed by atoms with van der Waals surface area (Å²) in [5, 5.41) is 20.3. The zero-order valence-electron chi connectivity index (χ0n) is 11.7. The van der Waals surface area contributed by atoms with Crippen molar-refractivity contribution in [3.8, 4) is 0 Å². The van der Waals surface area contributed by atoms with E-state index in [1.165, 1.54) is 0 Å². The SMILES string of the molecule is O=C(O)c1cc2ccccc2c(N2CCC(CO)CC2)n1. The number of aromatic carboxylic acids is 1. The van der Waals surface area contributed by atoms with Crippen LogP contribution in [0, 0.1) is 5.92 Å². The minimum absolute atomic E-state index is 0.0768. The lowest BCUT2D eigenvalue weighted by atomic mass is 9.97. The molecule has 2 N–H and O–H groups in total. The first-order valence-corrected chi connectivity index (χ1v) is 7.18. The molecule has 1 fully saturated rings. The Balaban J connectivity index is 2.02. The molecule has 1 aliphatic rings. The van der Waals surface area contributed by atoms with Crippen LogP contribution in [0.2, 0.25) is 0 Å². The van der Waals surface area contributed by atoms with Crippen LogP contribution in [-0.4, -0.2) is 40.9 Å². The number of rotatable bonds is 3. The molecule has 0 saturated carbocycles. The number of anilines is 1. The zero-order valence-corrected chi connectivity index (χ0v) is 11.7. The van der Waals surface area contributed by atoms with E-state index in [2.05, 4.69) is 9.88 Å². The van der Waals surface area contributed by atoms with Crippen molar-refractivity contribution in [2.24, 2.45) is 5.92 Å². The average molecular weight is 286 g/mol. The number of carboxylic acid groups (broad SMARTS) is 1. The Bertz CT molecular complexity index is 664. The summed E-state index contributed by atoms with van der Waals surface area (Å²) in [6.45, 7) is 1.81. The summed E-state index contributed by atoms with van der Waals surface area (Å²) in [5.41, 5.74) is 0.0768. The van der Waals surface area contributed by atoms with Crippen LogP contribution >= 0.6 is 0 Å². The molecule has 3 rings (SSSR count). The summed E-state index contributed by atoms with van der Waals surface area (Å²) in [6.07, 6.45) is 1.81. The predicted molar refractivity (Wildman–Crippen MR) is 80.7 cm³/mol. The van der Waals surface area contributed by atoms with Crippen molar-refractivity contribution < 1.29 is 15.0 Å². The van der Waals surface area contributed by atoms with Crippen molar-refractivity contribution in [1.29, 1.82) is 0 Å². The van der Waals surface area contributed by atoms with Crippen molar-refractivity contribution in [2.75, 3.05) is 24.6 Å². The van der Waals surface area contributed by atoms with Crippen LogP contribution in [-0.2, 0) is 0 Å². The summed E-state index contributed by atoms with van der Waals surface area (Å²) in [5.74, 6) is 0.0734. The average Bonchev–Trinajstić information content (AvgIpc) is 2.54. The predicted octanol–water partition coefficient (Wildman–Crippen LogP) is 2.14. The Morgan fingerprint density at radius 2 is 2.00 bits per heavy atom. The molecule has 2 aromatic rings. The normalized spacial score (nSPS) is 16.3. The van der Waals surface area contributed by atoms with Gasteiger partial charge in [0.15, 0.2) is 5.69 Å². The molecule has 1 aromatic heterocycles. The molecule has 0 amide bonds. The maximum atomic E-state index is 11.3. The fourth-order valence-electron chi connectivity index (χ4n) is 2.86. The maximum absolute atomic E-state index is 11.3. The highest BCUT2D eigenvalue weighted by molar-refractivity contribution is 5.98. The van der Waals surface area contributed by atoms with Crippen LogP contribution in [0.1, 0.15) is 23.3 Å². The summed E-state index contributed by atoms with van der Waals surface area (Å²) in [6, 6.07) is 9.33. The van der Waals surface area contributed by atoms with Crippen molar-refractivity contribution in [1.82, 2.24) is 4.98 Å². The first-order valence-electron chi connectivity index (χ1n) is 7.18. The number of carbonyl (C=O) groups is 1. The van der Waals surface area contributed by atoms with Gasteiger partial charge in [-0.25, -0.2) is 9.78 Å². The number of aromatic nitrogens is 1. The standard InChI is InChI=1S/C16H18N2O3/c19-10-11-5-7-18(8-6-11)15-13-4-2-1-3-12(13)9-14(17-15)16(20)21/h1-4,9,11,19H,5-8,10H2,(H,20,21). The molecule has 0 bridgehead atoms. The molecular formula is C16H18N2O3. The summed E-state index contributed by atoms with van der Waals surface area (Å²) >= 11 is 0. The van der Waals surface area contributed by atoms with Gasteiger partial charge in [0, 0.05) is 25.1 Å². The van der Waals surface area contributed by atoms with Crippen LogP contribution in [0.4, 0.5) is 5.82 Å². The molecule has 2 heterocycles. The van der Waals surface area contributed by atoms with Crippen molar-refractivity contribution in [3.63, 3.8) is 0 Å². The monoisotopic (exact) mass is 286 g/mol. The van der Waals surface area contributed by atoms with Gasteiger partial charge in [-0.15, -0.1) is 0 Å². The van der Waals surface area contributed by atoms with E-state index in [-0.39, 0.29) is 12.3 Å². The second-order valence-corrected chi connectivity index (χ2v) is 5.47. The molecule has 21 heavy (non-hydrogen) atoms. The van der Waals surface area contributed by atoms with Gasteiger partial charge in [0.1, 0.15) is 5.82 Å². The number of benzene rings is 1. The fraction of sp³-hybridized carbons (Fsp3) is 0.375. The van der Waals surface area contributed by atoms with Gasteiger partial charge in [0.2, 0.25) is 0 Å². The number of hydrogen-bond acceptors (Lipinski definition) is 4. The number of piperidine rings is 1. The Hall–Kier alpha value is -2.14. The van der Waals surface area contributed by atoms with Crippen LogP contribution in [0.15, 0.2) is 30.3 Å². The second kappa shape index (κ2) is 5.69. The molecule has 0 unspecified atom stereocenters. The number of carboxylic acids is 1. The lowest BCUT2D eigenvalue weighted by Crippen LogP contribution is -2.35. The lowest BCUT2D eigenvalue weighted by molar-refractivity contribution is 0.0691. The highest BCUT2D eigenvalue weighted by Crippen LogP contribution is 2.29. The van der Waals surface area contributed by atoms with Gasteiger partial charge in [-0.3, -0.25) is 0 Å². The van der Waals surface area contributed by atoms with E-state index in [9.17, 15) is 15.0 Å². The topological polar surface area (TPSA) is 73.7 Å². The van der Waals surface area contributed by atoms with E-state index in [4.69, 9.17) is 0 Å². The van der Waals surface area contributed by atoms with Crippen LogP contribution in [0.3, 0.4) is 0 Å². The molecule has 0 spiro atoms. The quantitative estimate of drug-likeness (QED) is 0.904. The molecule has 1 saturated heterocycles. The van der Waals surface area contributed by atoms with Gasteiger partial charge in [-0.2, -0.15) is 0 Å². The number of fused-ring (bicyclic) bond motifs is 1. The largest absolute Gasteiger partial charge is 0.477 e. The first-order chi connectivity index (χ1) is 10.2. The highest BCUT2D eigenvalue weighted by atomic mass is 16.4. The van der Waals surface area contributed by atoms with Gasteiger partial charge in [-0.1, -0.05) is 24.3 Å². The molecule has 5 nitrogen and oxygen atoms in total. The number of nitrogens with zero attached hydrogens (tertiary/aromatic N) is 2. The van der Waals surface area contributed by atoms with E-state index in [1.807, 2.05) is 24.3 Å². The Labute approximate surface area is 122 Å². The van der Waals surface area contributed by atoms with Crippen LogP contribution < -0.4 is 4.90 Å². The molecular weight excluding hydrogens is 268 g/mol. The van der Waals surface area contributed by atoms with E-state index < -0.39 is 5.97 Å². The van der Waals surface area contributed by atoms with E-state index in [0.29, 0.717) is 5.92 Å². The highest BCUT2D eigenvalue weighted by Gasteiger charge is 2.22. The summed E-state index contributed by atoms with van der Waals surface area (Å²) in [7, 11) is 0. The first kappa shape index (κ1) is 13.8. The Morgan fingerprint density at radius 3 is 2.67 bits per heavy atom. The van der Waals surface area contributed by atoms with Crippen molar-refractivity contribution in [2.45, 2.75) is 12.8 Å². The third-order valence-electron chi connectivity index (χ3n) is 4.11. The number of aliphatic hydroxyl groups is 1. The summed E-state index contributed by atoms with van der Waals surface area (Å²) in [4.78, 5) is 17.7. The molecule has 1 aromatic carbocycles. The number of aliphatic hydroxyl groups excluding tert-OH is 1. The smallest absolute Gasteiger partial charge is 0.354 e. The zero-order chi connectivity index (χ0) is 14.8. The van der Waals surface area contributed by atoms with E-state index in [1.54, 1.807) is 6.07 Å². The van der Waals surface area contributed by atoms with Crippen molar-refractivity contribution >= 4 is 22.6 Å². The molecule has 5 heteroatoms. The van der Waals surface area contributed by atoms with Gasteiger partial charge < -0.3 is 15.1 Å². The molecule has 0 aliphatic carbocycles. The third kappa shape index (κ3) is 2.69. The van der Waals surface area contributed by atoms with E-state index in [0.717, 1.165) is 42.5 Å². The maximum Gasteiger partial charge on any atom is 0.354 e. The van der Waals surface area contributed by atoms with Gasteiger partial charge in [-0.05, 0) is 30.2 Å². The van der Waals surface area contributed by atoms with E-state index >= 15 is 0 Å². The van der Waals surface area contributed by atoms with Gasteiger partial charge in [0.25, 0.3) is 0 Å². The molecule has 110 valence electrons. The van der Waals surface area contributed by atoms with Gasteiger partial charge >= 0.3 is 5.97 Å². The van der Waals surface area contributed by atoms with Crippen LogP contribution in [0.5, 0.6) is 0 Å². The third-order valence-corrected chi connectivity index (χ3v) is 4.11. The fourth-order valence-corrected chi connectivity index (χ4v) is 2.86. The lowest BCUT2D eigenvalue weighted by Gasteiger charge is -2.32. The van der Waals surface area contributed by atoms with Crippen LogP contribution in [0.25, 0.3) is 10.8 Å².